The number of sulfone groups is 1. The van der Waals surface area contributed by atoms with Gasteiger partial charge in [-0.15, -0.1) is 0 Å². The minimum atomic E-state index is -3.01. The number of rotatable bonds is 4. The van der Waals surface area contributed by atoms with Crippen molar-refractivity contribution in [2.24, 2.45) is 11.7 Å². The third-order valence-corrected chi connectivity index (χ3v) is 6.34. The van der Waals surface area contributed by atoms with Crippen LogP contribution in [0.2, 0.25) is 5.02 Å². The molecule has 2 N–H and O–H groups in total. The van der Waals surface area contributed by atoms with Crippen molar-refractivity contribution in [2.75, 3.05) is 6.26 Å². The molecule has 3 atom stereocenters. The quantitative estimate of drug-likeness (QED) is 0.921. The summed E-state index contributed by atoms with van der Waals surface area (Å²) >= 11 is 6.02. The summed E-state index contributed by atoms with van der Waals surface area (Å²) in [6, 6.07) is 4.14. The Balaban J connectivity index is 2.04. The maximum atomic E-state index is 13.0. The van der Waals surface area contributed by atoms with Gasteiger partial charge in [-0.05, 0) is 49.3 Å². The van der Waals surface area contributed by atoms with Crippen LogP contribution < -0.4 is 5.73 Å². The zero-order valence-corrected chi connectivity index (χ0v) is 13.6. The van der Waals surface area contributed by atoms with Crippen LogP contribution in [-0.2, 0) is 16.3 Å². The van der Waals surface area contributed by atoms with Crippen molar-refractivity contribution in [2.45, 2.75) is 43.4 Å². The molecule has 0 spiro atoms. The highest BCUT2D eigenvalue weighted by Crippen LogP contribution is 2.31. The number of halogens is 2. The summed E-state index contributed by atoms with van der Waals surface area (Å²) in [6.45, 7) is 0. The molecule has 118 valence electrons. The van der Waals surface area contributed by atoms with Gasteiger partial charge in [-0.1, -0.05) is 24.1 Å². The first-order chi connectivity index (χ1) is 9.77. The summed E-state index contributed by atoms with van der Waals surface area (Å²) in [5, 5.41) is 0.0897. The van der Waals surface area contributed by atoms with Crippen LogP contribution in [0, 0.1) is 11.7 Å². The zero-order valence-electron chi connectivity index (χ0n) is 12.1. The molecule has 1 fully saturated rings. The minimum Gasteiger partial charge on any atom is -0.327 e. The van der Waals surface area contributed by atoms with Crippen molar-refractivity contribution in [3.63, 3.8) is 0 Å². The van der Waals surface area contributed by atoms with Gasteiger partial charge in [0.1, 0.15) is 15.7 Å². The molecule has 0 radical (unpaired) electrons. The van der Waals surface area contributed by atoms with Gasteiger partial charge in [0.2, 0.25) is 0 Å². The third kappa shape index (κ3) is 4.41. The molecule has 3 unspecified atom stereocenters. The Morgan fingerprint density at radius 1 is 1.43 bits per heavy atom. The lowest BCUT2D eigenvalue weighted by atomic mass is 9.82. The monoisotopic (exact) mass is 333 g/mol. The highest BCUT2D eigenvalue weighted by Gasteiger charge is 2.31. The van der Waals surface area contributed by atoms with E-state index in [4.69, 9.17) is 17.3 Å². The molecule has 21 heavy (non-hydrogen) atoms. The highest BCUT2D eigenvalue weighted by molar-refractivity contribution is 7.91. The largest absolute Gasteiger partial charge is 0.327 e. The molecule has 0 amide bonds. The van der Waals surface area contributed by atoms with E-state index in [1.165, 1.54) is 18.4 Å². The summed E-state index contributed by atoms with van der Waals surface area (Å²) in [5.74, 6) is -0.202. The van der Waals surface area contributed by atoms with Gasteiger partial charge >= 0.3 is 0 Å². The van der Waals surface area contributed by atoms with Crippen LogP contribution in [0.1, 0.15) is 31.2 Å². The predicted octanol–water partition coefficient (Wildman–Crippen LogP) is 2.95. The van der Waals surface area contributed by atoms with E-state index in [1.54, 1.807) is 6.07 Å². The van der Waals surface area contributed by atoms with Crippen LogP contribution in [0.3, 0.4) is 0 Å². The van der Waals surface area contributed by atoms with E-state index in [1.807, 2.05) is 0 Å². The van der Waals surface area contributed by atoms with Crippen molar-refractivity contribution in [1.82, 2.24) is 0 Å². The van der Waals surface area contributed by atoms with Crippen LogP contribution in [0.5, 0.6) is 0 Å². The van der Waals surface area contributed by atoms with Crippen LogP contribution >= 0.6 is 11.6 Å². The van der Waals surface area contributed by atoms with E-state index in [9.17, 15) is 12.8 Å². The van der Waals surface area contributed by atoms with Gasteiger partial charge in [-0.25, -0.2) is 12.8 Å². The second kappa shape index (κ2) is 6.63. The molecule has 3 nitrogen and oxygen atoms in total. The van der Waals surface area contributed by atoms with Crippen LogP contribution in [0.4, 0.5) is 4.39 Å². The lowest BCUT2D eigenvalue weighted by Crippen LogP contribution is -2.38. The first-order valence-corrected chi connectivity index (χ1v) is 9.49. The first kappa shape index (κ1) is 16.7. The number of hydrogen-bond acceptors (Lipinski definition) is 3. The lowest BCUT2D eigenvalue weighted by molar-refractivity contribution is 0.304. The second-order valence-corrected chi connectivity index (χ2v) is 8.71. The summed E-state index contributed by atoms with van der Waals surface area (Å²) in [4.78, 5) is 0. The highest BCUT2D eigenvalue weighted by atomic mass is 35.5. The average Bonchev–Trinajstić information content (AvgIpc) is 2.41. The van der Waals surface area contributed by atoms with Gasteiger partial charge in [-0.3, -0.25) is 0 Å². The van der Waals surface area contributed by atoms with Gasteiger partial charge in [0, 0.05) is 17.3 Å². The van der Waals surface area contributed by atoms with Crippen molar-refractivity contribution in [1.29, 1.82) is 0 Å². The van der Waals surface area contributed by atoms with Crippen molar-refractivity contribution < 1.29 is 12.8 Å². The molecular formula is C15H21ClFNO2S. The van der Waals surface area contributed by atoms with Gasteiger partial charge < -0.3 is 5.73 Å². The van der Waals surface area contributed by atoms with Crippen LogP contribution in [0.15, 0.2) is 18.2 Å². The van der Waals surface area contributed by atoms with E-state index in [-0.39, 0.29) is 23.0 Å². The van der Waals surface area contributed by atoms with E-state index >= 15 is 0 Å². The molecule has 1 aliphatic carbocycles. The van der Waals surface area contributed by atoms with Gasteiger partial charge in [0.25, 0.3) is 0 Å². The molecule has 0 aliphatic heterocycles. The molecule has 1 aliphatic rings. The van der Waals surface area contributed by atoms with E-state index < -0.39 is 9.84 Å². The number of benzene rings is 1. The third-order valence-electron chi connectivity index (χ3n) is 4.35. The van der Waals surface area contributed by atoms with E-state index in [0.29, 0.717) is 17.9 Å². The number of nitrogens with two attached hydrogens (primary N) is 1. The maximum Gasteiger partial charge on any atom is 0.150 e. The zero-order chi connectivity index (χ0) is 15.6. The molecule has 6 heteroatoms. The van der Waals surface area contributed by atoms with Crippen LogP contribution in [-0.4, -0.2) is 26.0 Å². The fraction of sp³-hybridized carbons (Fsp3) is 0.600. The summed E-state index contributed by atoms with van der Waals surface area (Å²) in [7, 11) is -3.01. The fourth-order valence-corrected chi connectivity index (χ4v) is 4.50. The molecule has 1 aromatic rings. The van der Waals surface area contributed by atoms with E-state index in [2.05, 4.69) is 0 Å². The second-order valence-electron chi connectivity index (χ2n) is 5.98. The molecule has 0 heterocycles. The number of hydrogen-bond donors (Lipinski definition) is 1. The van der Waals surface area contributed by atoms with Crippen molar-refractivity contribution in [3.8, 4) is 0 Å². The minimum absolute atomic E-state index is 0.155. The Labute approximate surface area is 130 Å². The summed E-state index contributed by atoms with van der Waals surface area (Å²) in [6.07, 6.45) is 4.99. The maximum absolute atomic E-state index is 13.0. The molecule has 0 aromatic heterocycles. The Morgan fingerprint density at radius 2 is 2.14 bits per heavy atom. The van der Waals surface area contributed by atoms with E-state index in [0.717, 1.165) is 24.8 Å². The molecule has 0 saturated heterocycles. The smallest absolute Gasteiger partial charge is 0.150 e. The molecule has 2 rings (SSSR count). The Hall–Kier alpha value is -0.650. The Morgan fingerprint density at radius 3 is 2.76 bits per heavy atom. The van der Waals surface area contributed by atoms with Gasteiger partial charge in [-0.2, -0.15) is 0 Å². The fourth-order valence-electron chi connectivity index (χ4n) is 3.07. The molecule has 1 aromatic carbocycles. The molecule has 0 bridgehead atoms. The van der Waals surface area contributed by atoms with Crippen molar-refractivity contribution in [3.05, 3.63) is 34.6 Å². The van der Waals surface area contributed by atoms with Gasteiger partial charge in [0.05, 0.1) is 5.25 Å². The predicted molar refractivity (Wildman–Crippen MR) is 83.7 cm³/mol. The Bertz CT molecular complexity index is 606. The normalized spacial score (nSPS) is 24.8. The molecule has 1 saturated carbocycles. The molecular weight excluding hydrogens is 313 g/mol. The lowest BCUT2D eigenvalue weighted by Gasteiger charge is -2.32. The topological polar surface area (TPSA) is 60.2 Å². The summed E-state index contributed by atoms with van der Waals surface area (Å²) in [5.41, 5.74) is 7.06. The average molecular weight is 334 g/mol. The van der Waals surface area contributed by atoms with Crippen LogP contribution in [0.25, 0.3) is 0 Å². The SMILES string of the molecule is CS(=O)(=O)C1CCCC(C(N)Cc2ccc(F)cc2Cl)C1. The Kier molecular flexibility index (Phi) is 5.28. The standard InChI is InChI=1S/C15H21ClFNO2S/c1-21(19,20)13-4-2-3-11(7-13)15(18)8-10-5-6-12(17)9-14(10)16/h5-6,9,11,13,15H,2-4,7-8,18H2,1H3. The first-order valence-electron chi connectivity index (χ1n) is 7.15. The summed E-state index contributed by atoms with van der Waals surface area (Å²) < 4.78 is 36.4. The van der Waals surface area contributed by atoms with Crippen molar-refractivity contribution >= 4 is 21.4 Å². The van der Waals surface area contributed by atoms with Gasteiger partial charge in [0.15, 0.2) is 0 Å².